The van der Waals surface area contributed by atoms with Crippen LogP contribution in [-0.2, 0) is 17.8 Å². The SMILES string of the molecule is Nc1nc(-c2ccc(F)cc2Cl)nc2c1COCC2. The molecule has 0 spiro atoms. The van der Waals surface area contributed by atoms with E-state index >= 15 is 0 Å². The number of hydrogen-bond acceptors (Lipinski definition) is 4. The molecule has 1 aliphatic rings. The van der Waals surface area contributed by atoms with Crippen LogP contribution in [0.15, 0.2) is 18.2 Å². The van der Waals surface area contributed by atoms with E-state index in [0.29, 0.717) is 36.8 Å². The fourth-order valence-corrected chi connectivity index (χ4v) is 2.30. The van der Waals surface area contributed by atoms with Crippen molar-refractivity contribution in [1.29, 1.82) is 0 Å². The number of rotatable bonds is 1. The fraction of sp³-hybridized carbons (Fsp3) is 0.231. The maximum absolute atomic E-state index is 13.0. The zero-order chi connectivity index (χ0) is 13.4. The summed E-state index contributed by atoms with van der Waals surface area (Å²) < 4.78 is 18.4. The van der Waals surface area contributed by atoms with Crippen LogP contribution >= 0.6 is 11.6 Å². The molecule has 3 rings (SSSR count). The molecule has 0 radical (unpaired) electrons. The number of nitrogens with two attached hydrogens (primary N) is 1. The van der Waals surface area contributed by atoms with Gasteiger partial charge < -0.3 is 10.5 Å². The number of halogens is 2. The Labute approximate surface area is 114 Å². The Hall–Kier alpha value is -1.72. The highest BCUT2D eigenvalue weighted by Crippen LogP contribution is 2.29. The molecule has 0 fully saturated rings. The van der Waals surface area contributed by atoms with Gasteiger partial charge in [-0.1, -0.05) is 11.6 Å². The number of hydrogen-bond donors (Lipinski definition) is 1. The first-order valence-corrected chi connectivity index (χ1v) is 6.21. The highest BCUT2D eigenvalue weighted by atomic mass is 35.5. The van der Waals surface area contributed by atoms with Crippen molar-refractivity contribution in [1.82, 2.24) is 9.97 Å². The zero-order valence-corrected chi connectivity index (χ0v) is 10.7. The summed E-state index contributed by atoms with van der Waals surface area (Å²) in [6.45, 7) is 1.04. The summed E-state index contributed by atoms with van der Waals surface area (Å²) >= 11 is 6.01. The Balaban J connectivity index is 2.13. The number of nitrogens with zero attached hydrogens (tertiary/aromatic N) is 2. The lowest BCUT2D eigenvalue weighted by Gasteiger charge is -2.18. The first kappa shape index (κ1) is 12.3. The third-order valence-electron chi connectivity index (χ3n) is 3.03. The third kappa shape index (κ3) is 2.27. The predicted molar refractivity (Wildman–Crippen MR) is 70.2 cm³/mol. The molecule has 0 unspecified atom stereocenters. The molecule has 0 saturated carbocycles. The van der Waals surface area contributed by atoms with Gasteiger partial charge in [-0.3, -0.25) is 0 Å². The van der Waals surface area contributed by atoms with Gasteiger partial charge in [0.2, 0.25) is 0 Å². The first-order chi connectivity index (χ1) is 9.15. The van der Waals surface area contributed by atoms with Crippen LogP contribution in [0.4, 0.5) is 10.2 Å². The third-order valence-corrected chi connectivity index (χ3v) is 3.34. The Morgan fingerprint density at radius 3 is 2.95 bits per heavy atom. The van der Waals surface area contributed by atoms with Gasteiger partial charge in [0.15, 0.2) is 5.82 Å². The first-order valence-electron chi connectivity index (χ1n) is 5.83. The largest absolute Gasteiger partial charge is 0.383 e. The maximum atomic E-state index is 13.0. The van der Waals surface area contributed by atoms with E-state index in [1.165, 1.54) is 12.1 Å². The second-order valence-corrected chi connectivity index (χ2v) is 4.69. The van der Waals surface area contributed by atoms with Crippen molar-refractivity contribution in [3.05, 3.63) is 40.3 Å². The minimum absolute atomic E-state index is 0.270. The lowest BCUT2D eigenvalue weighted by Crippen LogP contribution is -2.16. The number of fused-ring (bicyclic) bond motifs is 1. The summed E-state index contributed by atoms with van der Waals surface area (Å²) in [5.74, 6) is 0.413. The maximum Gasteiger partial charge on any atom is 0.163 e. The van der Waals surface area contributed by atoms with Gasteiger partial charge in [0.25, 0.3) is 0 Å². The second kappa shape index (κ2) is 4.75. The molecule has 0 bridgehead atoms. The van der Waals surface area contributed by atoms with Crippen molar-refractivity contribution < 1.29 is 9.13 Å². The zero-order valence-electron chi connectivity index (χ0n) is 9.99. The second-order valence-electron chi connectivity index (χ2n) is 4.28. The Kier molecular flexibility index (Phi) is 3.08. The molecule has 2 heterocycles. The number of anilines is 1. The van der Waals surface area contributed by atoms with Gasteiger partial charge in [-0.15, -0.1) is 0 Å². The molecule has 2 aromatic rings. The summed E-state index contributed by atoms with van der Waals surface area (Å²) in [6, 6.07) is 4.11. The topological polar surface area (TPSA) is 61.0 Å². The number of nitrogen functional groups attached to an aromatic ring is 1. The Bertz CT molecular complexity index is 648. The van der Waals surface area contributed by atoms with Crippen molar-refractivity contribution in [2.45, 2.75) is 13.0 Å². The summed E-state index contributed by atoms with van der Waals surface area (Å²) in [6.07, 6.45) is 0.688. The van der Waals surface area contributed by atoms with Gasteiger partial charge >= 0.3 is 0 Å². The molecule has 1 aromatic carbocycles. The van der Waals surface area contributed by atoms with Crippen LogP contribution in [0.5, 0.6) is 0 Å². The van der Waals surface area contributed by atoms with E-state index in [1.54, 1.807) is 6.07 Å². The van der Waals surface area contributed by atoms with E-state index in [0.717, 1.165) is 11.3 Å². The van der Waals surface area contributed by atoms with E-state index < -0.39 is 5.82 Å². The molecule has 0 atom stereocenters. The normalized spacial score (nSPS) is 14.2. The van der Waals surface area contributed by atoms with Gasteiger partial charge in [0.1, 0.15) is 11.6 Å². The van der Waals surface area contributed by atoms with Crippen LogP contribution in [0, 0.1) is 5.82 Å². The van der Waals surface area contributed by atoms with Crippen molar-refractivity contribution in [3.63, 3.8) is 0 Å². The average Bonchev–Trinajstić information content (AvgIpc) is 2.38. The number of benzene rings is 1. The summed E-state index contributed by atoms with van der Waals surface area (Å²) in [5.41, 5.74) is 8.18. The monoisotopic (exact) mass is 279 g/mol. The molecule has 1 aromatic heterocycles. The average molecular weight is 280 g/mol. The summed E-state index contributed by atoms with van der Waals surface area (Å²) in [5, 5.41) is 0.270. The van der Waals surface area contributed by atoms with Gasteiger partial charge in [-0.05, 0) is 18.2 Å². The standard InChI is InChI=1S/C13H11ClFN3O/c14-10-5-7(15)1-2-8(10)13-17-11-3-4-19-6-9(11)12(16)18-13/h1-2,5H,3-4,6H2,(H2,16,17,18). The Morgan fingerprint density at radius 2 is 2.16 bits per heavy atom. The van der Waals surface area contributed by atoms with E-state index in [-0.39, 0.29) is 5.02 Å². The number of aromatic nitrogens is 2. The summed E-state index contributed by atoms with van der Waals surface area (Å²) in [7, 11) is 0. The minimum atomic E-state index is -0.395. The van der Waals surface area contributed by atoms with Gasteiger partial charge in [-0.25, -0.2) is 14.4 Å². The highest BCUT2D eigenvalue weighted by Gasteiger charge is 2.18. The molecule has 0 aliphatic carbocycles. The van der Waals surface area contributed by atoms with E-state index in [9.17, 15) is 4.39 Å². The molecular weight excluding hydrogens is 269 g/mol. The van der Waals surface area contributed by atoms with Crippen LogP contribution in [0.1, 0.15) is 11.3 Å². The molecule has 2 N–H and O–H groups in total. The fourth-order valence-electron chi connectivity index (χ4n) is 2.05. The molecule has 19 heavy (non-hydrogen) atoms. The van der Waals surface area contributed by atoms with Crippen LogP contribution in [-0.4, -0.2) is 16.6 Å². The van der Waals surface area contributed by atoms with Crippen LogP contribution in [0.2, 0.25) is 5.02 Å². The van der Waals surface area contributed by atoms with Crippen molar-refractivity contribution >= 4 is 17.4 Å². The number of ether oxygens (including phenoxy) is 1. The molecule has 6 heteroatoms. The Morgan fingerprint density at radius 1 is 1.32 bits per heavy atom. The molecular formula is C13H11ClFN3O. The van der Waals surface area contributed by atoms with Crippen LogP contribution in [0.3, 0.4) is 0 Å². The van der Waals surface area contributed by atoms with Crippen LogP contribution < -0.4 is 5.73 Å². The molecule has 0 saturated heterocycles. The van der Waals surface area contributed by atoms with E-state index in [4.69, 9.17) is 22.1 Å². The van der Waals surface area contributed by atoms with Crippen molar-refractivity contribution in [3.8, 4) is 11.4 Å². The van der Waals surface area contributed by atoms with Gasteiger partial charge in [-0.2, -0.15) is 0 Å². The predicted octanol–water partition coefficient (Wildman–Crippen LogP) is 2.59. The molecule has 0 amide bonds. The minimum Gasteiger partial charge on any atom is -0.383 e. The summed E-state index contributed by atoms with van der Waals surface area (Å²) in [4.78, 5) is 8.68. The van der Waals surface area contributed by atoms with E-state index in [2.05, 4.69) is 9.97 Å². The van der Waals surface area contributed by atoms with E-state index in [1.807, 2.05) is 0 Å². The van der Waals surface area contributed by atoms with Gasteiger partial charge in [0, 0.05) is 17.5 Å². The quantitative estimate of drug-likeness (QED) is 0.871. The van der Waals surface area contributed by atoms with Crippen LogP contribution in [0.25, 0.3) is 11.4 Å². The molecule has 4 nitrogen and oxygen atoms in total. The molecule has 98 valence electrons. The lowest BCUT2D eigenvalue weighted by atomic mass is 10.1. The van der Waals surface area contributed by atoms with Crippen molar-refractivity contribution in [2.24, 2.45) is 0 Å². The van der Waals surface area contributed by atoms with Gasteiger partial charge in [0.05, 0.1) is 23.9 Å². The highest BCUT2D eigenvalue weighted by molar-refractivity contribution is 6.33. The molecule has 1 aliphatic heterocycles. The van der Waals surface area contributed by atoms with Crippen molar-refractivity contribution in [2.75, 3.05) is 12.3 Å². The lowest BCUT2D eigenvalue weighted by molar-refractivity contribution is 0.109. The smallest absolute Gasteiger partial charge is 0.163 e.